The smallest absolute Gasteiger partial charge is 0.401 e. The Hall–Kier alpha value is -2.72. The molecule has 0 amide bonds. The average molecular weight is 566 g/mol. The van der Waals surface area contributed by atoms with E-state index in [4.69, 9.17) is 0 Å². The third kappa shape index (κ3) is 6.28. The summed E-state index contributed by atoms with van der Waals surface area (Å²) in [6.45, 7) is 2.25. The van der Waals surface area contributed by atoms with Gasteiger partial charge in [0.05, 0.1) is 19.1 Å². The number of piperidine rings is 1. The van der Waals surface area contributed by atoms with Crippen molar-refractivity contribution in [1.29, 1.82) is 0 Å². The van der Waals surface area contributed by atoms with Gasteiger partial charge in [-0.3, -0.25) is 9.80 Å². The Balaban J connectivity index is 1.36. The molecule has 2 saturated heterocycles. The Morgan fingerprint density at radius 1 is 0.925 bits per heavy atom. The van der Waals surface area contributed by atoms with Crippen molar-refractivity contribution in [3.05, 3.63) is 58.7 Å². The summed E-state index contributed by atoms with van der Waals surface area (Å²) in [6.07, 6.45) is 2.62. The van der Waals surface area contributed by atoms with Gasteiger partial charge >= 0.3 is 6.18 Å². The molecular weight excluding hydrogens is 529 g/mol. The molecule has 0 saturated carbocycles. The molecule has 1 unspecified atom stereocenters. The SMILES string of the molecule is O=CCN1CCCC2(CCC1)CCN(c1cc(F)c(C3c4ccc(O)cc4CCN3CC(F)(F)F)c(F)c1)CC2. The molecule has 0 radical (unpaired) electrons. The highest BCUT2D eigenvalue weighted by Gasteiger charge is 2.40. The number of hydrogen-bond donors (Lipinski definition) is 1. The van der Waals surface area contributed by atoms with Gasteiger partial charge in [0.1, 0.15) is 23.7 Å². The van der Waals surface area contributed by atoms with Crippen molar-refractivity contribution < 1.29 is 31.9 Å². The summed E-state index contributed by atoms with van der Waals surface area (Å²) in [5.41, 5.74) is 1.15. The van der Waals surface area contributed by atoms with E-state index >= 15 is 8.78 Å². The fraction of sp³-hybridized carbons (Fsp3) is 0.567. The Morgan fingerprint density at radius 2 is 1.57 bits per heavy atom. The van der Waals surface area contributed by atoms with Gasteiger partial charge in [0.15, 0.2) is 0 Å². The number of phenols is 1. The number of nitrogens with zero attached hydrogens (tertiary/aromatic N) is 3. The van der Waals surface area contributed by atoms with E-state index in [0.717, 1.165) is 62.8 Å². The molecule has 1 spiro atoms. The number of halogens is 5. The molecule has 2 fully saturated rings. The molecule has 5 nitrogen and oxygen atoms in total. The molecule has 3 aliphatic heterocycles. The monoisotopic (exact) mass is 565 g/mol. The quantitative estimate of drug-likeness (QED) is 0.365. The molecular formula is C30H36F5N3O2. The molecule has 0 bridgehead atoms. The van der Waals surface area contributed by atoms with Crippen LogP contribution in [0.4, 0.5) is 27.6 Å². The van der Waals surface area contributed by atoms with Crippen LogP contribution in [0.15, 0.2) is 30.3 Å². The van der Waals surface area contributed by atoms with Crippen LogP contribution in [0.25, 0.3) is 0 Å². The third-order valence-corrected chi connectivity index (χ3v) is 9.06. The molecule has 1 atom stereocenters. The van der Waals surface area contributed by atoms with Crippen LogP contribution in [0.3, 0.4) is 0 Å². The normalized spacial score (nSPS) is 22.5. The van der Waals surface area contributed by atoms with Crippen LogP contribution in [0.5, 0.6) is 5.75 Å². The fourth-order valence-electron chi connectivity index (χ4n) is 7.04. The van der Waals surface area contributed by atoms with E-state index in [1.807, 2.05) is 4.90 Å². The second-order valence-electron chi connectivity index (χ2n) is 11.6. The molecule has 5 rings (SSSR count). The van der Waals surface area contributed by atoms with E-state index in [9.17, 15) is 23.1 Å². The van der Waals surface area contributed by atoms with Crippen molar-refractivity contribution >= 4 is 12.0 Å². The predicted molar refractivity (Wildman–Crippen MR) is 142 cm³/mol. The van der Waals surface area contributed by atoms with Gasteiger partial charge in [-0.05, 0) is 98.8 Å². The largest absolute Gasteiger partial charge is 0.508 e. The number of aldehydes is 1. The van der Waals surface area contributed by atoms with Crippen LogP contribution >= 0.6 is 0 Å². The number of carbonyl (C=O) groups is 1. The van der Waals surface area contributed by atoms with E-state index in [2.05, 4.69) is 4.90 Å². The van der Waals surface area contributed by atoms with Gasteiger partial charge in [-0.1, -0.05) is 6.07 Å². The minimum atomic E-state index is -4.53. The van der Waals surface area contributed by atoms with Crippen molar-refractivity contribution in [1.82, 2.24) is 9.80 Å². The number of benzene rings is 2. The summed E-state index contributed by atoms with van der Waals surface area (Å²) in [4.78, 5) is 16.1. The van der Waals surface area contributed by atoms with E-state index < -0.39 is 36.0 Å². The van der Waals surface area contributed by atoms with E-state index in [1.54, 1.807) is 0 Å². The zero-order valence-electron chi connectivity index (χ0n) is 22.5. The molecule has 1 N–H and O–H groups in total. The molecule has 40 heavy (non-hydrogen) atoms. The summed E-state index contributed by atoms with van der Waals surface area (Å²) in [5, 5.41) is 9.88. The number of rotatable bonds is 5. The molecule has 2 aromatic rings. The lowest BCUT2D eigenvalue weighted by molar-refractivity contribution is -0.150. The Labute approximate surface area is 231 Å². The number of phenolic OH excluding ortho intramolecular Hbond substituents is 1. The minimum absolute atomic E-state index is 0.0384. The summed E-state index contributed by atoms with van der Waals surface area (Å²) in [5.74, 6) is -1.77. The van der Waals surface area contributed by atoms with Crippen molar-refractivity contribution in [2.45, 2.75) is 57.2 Å². The van der Waals surface area contributed by atoms with Crippen LogP contribution in [-0.2, 0) is 11.2 Å². The van der Waals surface area contributed by atoms with Crippen LogP contribution < -0.4 is 4.90 Å². The summed E-state index contributed by atoms with van der Waals surface area (Å²) in [7, 11) is 0. The van der Waals surface area contributed by atoms with E-state index in [0.29, 0.717) is 36.4 Å². The van der Waals surface area contributed by atoms with Gasteiger partial charge in [-0.25, -0.2) is 8.78 Å². The topological polar surface area (TPSA) is 47.0 Å². The summed E-state index contributed by atoms with van der Waals surface area (Å²) >= 11 is 0. The average Bonchev–Trinajstić information content (AvgIpc) is 2.87. The zero-order chi connectivity index (χ0) is 28.5. The Morgan fingerprint density at radius 3 is 2.17 bits per heavy atom. The summed E-state index contributed by atoms with van der Waals surface area (Å²) in [6, 6.07) is 5.52. The molecule has 0 aliphatic carbocycles. The lowest BCUT2D eigenvalue weighted by Crippen LogP contribution is -2.43. The Bertz CT molecular complexity index is 1180. The standard InChI is InChI=1S/C30H36F5N3O2/c31-25-18-22(37-13-8-29(9-14-37)6-1-10-36(15-16-39)11-2-7-29)19-26(32)27(25)28-24-4-3-23(40)17-21(24)5-12-38(28)20-30(33,34)35/h3-4,16-19,28,40H,1-2,5-15,20H2. The first-order valence-corrected chi connectivity index (χ1v) is 14.1. The van der Waals surface area contributed by atoms with Crippen molar-refractivity contribution in [3.63, 3.8) is 0 Å². The van der Waals surface area contributed by atoms with Crippen LogP contribution in [0.2, 0.25) is 0 Å². The molecule has 0 aromatic heterocycles. The lowest BCUT2D eigenvalue weighted by atomic mass is 9.71. The van der Waals surface area contributed by atoms with Gasteiger partial charge in [0.2, 0.25) is 0 Å². The number of alkyl halides is 3. The lowest BCUT2D eigenvalue weighted by Gasteiger charge is -2.45. The first-order valence-electron chi connectivity index (χ1n) is 14.1. The van der Waals surface area contributed by atoms with Crippen LogP contribution in [0.1, 0.15) is 61.3 Å². The molecule has 218 valence electrons. The van der Waals surface area contributed by atoms with Gasteiger partial charge in [0.25, 0.3) is 0 Å². The Kier molecular flexibility index (Phi) is 8.38. The molecule has 2 aromatic carbocycles. The second-order valence-corrected chi connectivity index (χ2v) is 11.6. The first kappa shape index (κ1) is 28.8. The predicted octanol–water partition coefficient (Wildman–Crippen LogP) is 5.84. The maximum Gasteiger partial charge on any atom is 0.401 e. The molecule has 10 heteroatoms. The third-order valence-electron chi connectivity index (χ3n) is 9.06. The fourth-order valence-corrected chi connectivity index (χ4v) is 7.04. The van der Waals surface area contributed by atoms with Crippen LogP contribution in [0, 0.1) is 17.0 Å². The maximum atomic E-state index is 15.7. The maximum absolute atomic E-state index is 15.7. The van der Waals surface area contributed by atoms with Crippen molar-refractivity contribution in [3.8, 4) is 5.75 Å². The highest BCUT2D eigenvalue weighted by Crippen LogP contribution is 2.44. The van der Waals surface area contributed by atoms with Gasteiger partial charge < -0.3 is 14.8 Å². The highest BCUT2D eigenvalue weighted by molar-refractivity contribution is 5.53. The number of carbonyl (C=O) groups excluding carboxylic acids is 1. The zero-order valence-corrected chi connectivity index (χ0v) is 22.5. The van der Waals surface area contributed by atoms with Gasteiger partial charge in [-0.2, -0.15) is 13.2 Å². The van der Waals surface area contributed by atoms with Crippen molar-refractivity contribution in [2.24, 2.45) is 5.41 Å². The van der Waals surface area contributed by atoms with E-state index in [1.165, 1.54) is 30.3 Å². The number of fused-ring (bicyclic) bond motifs is 1. The first-order chi connectivity index (χ1) is 19.1. The van der Waals surface area contributed by atoms with Gasteiger partial charge in [0, 0.05) is 30.9 Å². The summed E-state index contributed by atoms with van der Waals surface area (Å²) < 4.78 is 71.8. The highest BCUT2D eigenvalue weighted by atomic mass is 19.4. The minimum Gasteiger partial charge on any atom is -0.508 e. The number of anilines is 1. The molecule has 3 heterocycles. The van der Waals surface area contributed by atoms with Crippen LogP contribution in [-0.4, -0.2) is 73.2 Å². The number of likely N-dealkylation sites (tertiary alicyclic amines) is 1. The van der Waals surface area contributed by atoms with Gasteiger partial charge in [-0.15, -0.1) is 0 Å². The number of hydrogen-bond acceptors (Lipinski definition) is 5. The van der Waals surface area contributed by atoms with Crippen molar-refractivity contribution in [2.75, 3.05) is 50.7 Å². The number of aromatic hydroxyl groups is 1. The second kappa shape index (κ2) is 11.6. The van der Waals surface area contributed by atoms with E-state index in [-0.39, 0.29) is 24.1 Å². The molecule has 3 aliphatic rings.